The van der Waals surface area contributed by atoms with Gasteiger partial charge < -0.3 is 14.6 Å². The highest BCUT2D eigenvalue weighted by atomic mass is 79.9. The van der Waals surface area contributed by atoms with E-state index in [1.54, 1.807) is 42.1 Å². The molecule has 10 heteroatoms. The molecule has 0 radical (unpaired) electrons. The topological polar surface area (TPSA) is 90.3 Å². The summed E-state index contributed by atoms with van der Waals surface area (Å²) in [5.41, 5.74) is 4.17. The Morgan fingerprint density at radius 1 is 1.05 bits per heavy atom. The van der Waals surface area contributed by atoms with Gasteiger partial charge >= 0.3 is 5.97 Å². The number of nitrogens with one attached hydrogen (secondary N) is 1. The predicted molar refractivity (Wildman–Crippen MR) is 166 cm³/mol. The molecule has 2 heterocycles. The zero-order valence-corrected chi connectivity index (χ0v) is 25.4. The highest BCUT2D eigenvalue weighted by Crippen LogP contribution is 2.34. The van der Waals surface area contributed by atoms with Crippen LogP contribution in [0.4, 0.5) is 0 Å². The lowest BCUT2D eigenvalue weighted by molar-refractivity contribution is -0.142. The monoisotopic (exact) mass is 651 g/mol. The van der Waals surface area contributed by atoms with Crippen LogP contribution in [0.15, 0.2) is 76.1 Å². The molecule has 0 aliphatic heterocycles. The lowest BCUT2D eigenvalue weighted by Gasteiger charge is -2.19. The fourth-order valence-electron chi connectivity index (χ4n) is 5.10. The number of ether oxygens (including phenoxy) is 1. The normalized spacial score (nSPS) is 12.0. The first-order chi connectivity index (χ1) is 19.6. The molecule has 41 heavy (non-hydrogen) atoms. The summed E-state index contributed by atoms with van der Waals surface area (Å²) in [5.74, 6) is -1.24. The van der Waals surface area contributed by atoms with E-state index < -0.39 is 17.9 Å². The van der Waals surface area contributed by atoms with E-state index in [9.17, 15) is 14.4 Å². The number of carbonyl (C=O) groups excluding carboxylic acids is 2. The number of benzene rings is 3. The molecule has 5 aromatic rings. The molecule has 0 spiro atoms. The smallest absolute Gasteiger partial charge is 0.328 e. The zero-order chi connectivity index (χ0) is 29.4. The molecule has 1 N–H and O–H groups in total. The maximum Gasteiger partial charge on any atom is 0.328 e. The number of methoxy groups -OCH3 is 1. The molecule has 5 rings (SSSR count). The van der Waals surface area contributed by atoms with Crippen molar-refractivity contribution in [2.24, 2.45) is 7.05 Å². The third kappa shape index (κ3) is 5.35. The summed E-state index contributed by atoms with van der Waals surface area (Å²) in [5, 5.41) is 4.72. The molecular formula is C31H24BrCl2N3O4. The van der Waals surface area contributed by atoms with E-state index in [2.05, 4.69) is 26.2 Å². The van der Waals surface area contributed by atoms with Gasteiger partial charge in [-0.25, -0.2) is 4.79 Å². The van der Waals surface area contributed by atoms with Gasteiger partial charge in [0.25, 0.3) is 11.5 Å². The van der Waals surface area contributed by atoms with Crippen molar-refractivity contribution in [3.63, 3.8) is 0 Å². The van der Waals surface area contributed by atoms with Crippen LogP contribution in [-0.2, 0) is 23.0 Å². The Labute approximate surface area is 254 Å². The van der Waals surface area contributed by atoms with E-state index in [4.69, 9.17) is 27.9 Å². The summed E-state index contributed by atoms with van der Waals surface area (Å²) in [6.45, 7) is 1.93. The van der Waals surface area contributed by atoms with Crippen LogP contribution in [0.3, 0.4) is 0 Å². The van der Waals surface area contributed by atoms with Crippen molar-refractivity contribution in [2.75, 3.05) is 7.11 Å². The predicted octanol–water partition coefficient (Wildman–Crippen LogP) is 6.65. The SMILES string of the molecule is COC(=O)[C@H](Cc1ccc(-c2c(C)c3cc(Br)ccc3n(C)c2=O)c2cccnc12)NC(=O)c1c(Cl)cccc1Cl. The van der Waals surface area contributed by atoms with Gasteiger partial charge in [0.15, 0.2) is 0 Å². The lowest BCUT2D eigenvalue weighted by atomic mass is 9.92. The third-order valence-corrected chi connectivity index (χ3v) is 8.27. The first-order valence-corrected chi connectivity index (χ1v) is 14.2. The third-order valence-electron chi connectivity index (χ3n) is 7.14. The van der Waals surface area contributed by atoms with Gasteiger partial charge in [-0.1, -0.05) is 63.4 Å². The van der Waals surface area contributed by atoms with Gasteiger partial charge in [-0.2, -0.15) is 0 Å². The van der Waals surface area contributed by atoms with E-state index >= 15 is 0 Å². The second-order valence-electron chi connectivity index (χ2n) is 9.55. The van der Waals surface area contributed by atoms with Crippen molar-refractivity contribution in [1.29, 1.82) is 0 Å². The summed E-state index contributed by atoms with van der Waals surface area (Å²) in [6, 6.07) is 16.8. The summed E-state index contributed by atoms with van der Waals surface area (Å²) in [4.78, 5) is 44.1. The number of fused-ring (bicyclic) bond motifs is 2. The molecule has 0 fully saturated rings. The number of hydrogen-bond donors (Lipinski definition) is 1. The molecule has 0 bridgehead atoms. The zero-order valence-electron chi connectivity index (χ0n) is 22.3. The van der Waals surface area contributed by atoms with Gasteiger partial charge in [-0.3, -0.25) is 14.6 Å². The number of rotatable bonds is 6. The molecule has 2 aromatic heterocycles. The fourth-order valence-corrected chi connectivity index (χ4v) is 6.04. The maximum atomic E-state index is 13.6. The van der Waals surface area contributed by atoms with Gasteiger partial charge in [0, 0.05) is 34.9 Å². The van der Waals surface area contributed by atoms with E-state index in [1.807, 2.05) is 43.3 Å². The summed E-state index contributed by atoms with van der Waals surface area (Å²) >= 11 is 16.0. The Bertz CT molecular complexity index is 1900. The van der Waals surface area contributed by atoms with E-state index in [0.717, 1.165) is 31.9 Å². The minimum absolute atomic E-state index is 0.0670. The molecule has 1 amide bonds. The number of halogens is 3. The van der Waals surface area contributed by atoms with Crippen molar-refractivity contribution in [1.82, 2.24) is 14.9 Å². The molecule has 3 aromatic carbocycles. The number of amides is 1. The number of hydrogen-bond acceptors (Lipinski definition) is 5. The van der Waals surface area contributed by atoms with Gasteiger partial charge in [0.1, 0.15) is 6.04 Å². The molecule has 7 nitrogen and oxygen atoms in total. The number of pyridine rings is 2. The largest absolute Gasteiger partial charge is 0.467 e. The maximum absolute atomic E-state index is 13.6. The van der Waals surface area contributed by atoms with Crippen LogP contribution in [0.1, 0.15) is 21.5 Å². The van der Waals surface area contributed by atoms with Crippen molar-refractivity contribution < 1.29 is 14.3 Å². The first kappa shape index (κ1) is 28.8. The number of esters is 1. The van der Waals surface area contributed by atoms with Crippen LogP contribution in [0.5, 0.6) is 0 Å². The van der Waals surface area contributed by atoms with Crippen LogP contribution in [0.25, 0.3) is 32.9 Å². The molecule has 0 unspecified atom stereocenters. The second-order valence-corrected chi connectivity index (χ2v) is 11.3. The molecule has 1 atom stereocenters. The molecule has 208 valence electrons. The van der Waals surface area contributed by atoms with Crippen LogP contribution in [0, 0.1) is 6.92 Å². The van der Waals surface area contributed by atoms with Crippen molar-refractivity contribution in [3.8, 4) is 11.1 Å². The minimum Gasteiger partial charge on any atom is -0.467 e. The summed E-state index contributed by atoms with van der Waals surface area (Å²) in [6.07, 6.45) is 1.73. The Balaban J connectivity index is 1.61. The number of nitrogens with zero attached hydrogens (tertiary/aromatic N) is 2. The van der Waals surface area contributed by atoms with E-state index in [-0.39, 0.29) is 27.6 Å². The van der Waals surface area contributed by atoms with Crippen molar-refractivity contribution in [2.45, 2.75) is 19.4 Å². The molecule has 0 saturated heterocycles. The Kier molecular flexibility index (Phi) is 8.18. The van der Waals surface area contributed by atoms with Gasteiger partial charge in [-0.15, -0.1) is 0 Å². The van der Waals surface area contributed by atoms with Crippen molar-refractivity contribution in [3.05, 3.63) is 108 Å². The average molecular weight is 653 g/mol. The van der Waals surface area contributed by atoms with Crippen LogP contribution in [0.2, 0.25) is 10.0 Å². The molecular weight excluding hydrogens is 629 g/mol. The molecule has 0 aliphatic carbocycles. The quantitative estimate of drug-likeness (QED) is 0.208. The number of carbonyl (C=O) groups is 2. The average Bonchev–Trinajstić information content (AvgIpc) is 2.96. The van der Waals surface area contributed by atoms with Gasteiger partial charge in [0.2, 0.25) is 0 Å². The van der Waals surface area contributed by atoms with E-state index in [0.29, 0.717) is 16.6 Å². The van der Waals surface area contributed by atoms with Crippen LogP contribution in [-0.4, -0.2) is 34.6 Å². The Hall–Kier alpha value is -3.72. The number of aryl methyl sites for hydroxylation is 2. The highest BCUT2D eigenvalue weighted by molar-refractivity contribution is 9.10. The summed E-state index contributed by atoms with van der Waals surface area (Å²) in [7, 11) is 3.01. The van der Waals surface area contributed by atoms with E-state index in [1.165, 1.54) is 7.11 Å². The highest BCUT2D eigenvalue weighted by Gasteiger charge is 2.26. The Morgan fingerprint density at radius 3 is 2.49 bits per heavy atom. The summed E-state index contributed by atoms with van der Waals surface area (Å²) < 4.78 is 7.55. The Morgan fingerprint density at radius 2 is 1.78 bits per heavy atom. The first-order valence-electron chi connectivity index (χ1n) is 12.6. The van der Waals surface area contributed by atoms with Crippen LogP contribution >= 0.6 is 39.1 Å². The lowest BCUT2D eigenvalue weighted by Crippen LogP contribution is -2.43. The standard InChI is InChI=1S/C31H24BrCl2N3O4/c1-16-21-15-18(32)10-12-25(21)37(2)30(39)26(16)19-11-9-17(28-20(19)6-5-13-35-28)14-24(31(40)41-3)36-29(38)27-22(33)7-4-8-23(27)34/h4-13,15,24H,14H2,1-3H3,(H,36,38)/t24-/m0/s1. The molecule has 0 saturated carbocycles. The van der Waals surface area contributed by atoms with Gasteiger partial charge in [0.05, 0.1) is 39.3 Å². The minimum atomic E-state index is -1.05. The van der Waals surface area contributed by atoms with Crippen LogP contribution < -0.4 is 10.9 Å². The second kappa shape index (κ2) is 11.6. The van der Waals surface area contributed by atoms with Crippen molar-refractivity contribution >= 4 is 72.8 Å². The fraction of sp³-hybridized carbons (Fsp3) is 0.161. The number of aromatic nitrogens is 2. The molecule has 0 aliphatic rings. The van der Waals surface area contributed by atoms with Gasteiger partial charge in [-0.05, 0) is 60.0 Å².